The van der Waals surface area contributed by atoms with E-state index in [2.05, 4.69) is 31.0 Å². The number of likely N-dealkylation sites (tertiary alicyclic amines) is 1. The van der Waals surface area contributed by atoms with Crippen molar-refractivity contribution < 1.29 is 14.4 Å². The predicted octanol–water partition coefficient (Wildman–Crippen LogP) is 2.18. The minimum Gasteiger partial charge on any atom is -0.357 e. The van der Waals surface area contributed by atoms with Gasteiger partial charge in [-0.25, -0.2) is 5.43 Å². The number of H-pyrrole nitrogens is 2. The fourth-order valence-corrected chi connectivity index (χ4v) is 5.45. The fourth-order valence-electron chi connectivity index (χ4n) is 5.45. The largest absolute Gasteiger partial charge is 0.357 e. The first-order valence-electron chi connectivity index (χ1n) is 12.2. The predicted molar refractivity (Wildman–Crippen MR) is 136 cm³/mol. The van der Waals surface area contributed by atoms with Gasteiger partial charge in [-0.15, -0.1) is 0 Å². The van der Waals surface area contributed by atoms with Crippen LogP contribution in [0.5, 0.6) is 0 Å². The third-order valence-corrected chi connectivity index (χ3v) is 7.30. The molecule has 6 rings (SSSR count). The number of aromatic nitrogens is 4. The van der Waals surface area contributed by atoms with E-state index in [0.717, 1.165) is 23.3 Å². The molecule has 4 N–H and O–H groups in total. The summed E-state index contributed by atoms with van der Waals surface area (Å²) in [7, 11) is 0. The molecular formula is C26H26N8O3. The van der Waals surface area contributed by atoms with E-state index >= 15 is 0 Å². The molecule has 0 aromatic carbocycles. The van der Waals surface area contributed by atoms with Gasteiger partial charge in [-0.3, -0.25) is 19.5 Å². The standard InChI is InChI=1S/C26H26N8O3/c1-15(30-32-25(36)20-5-4-8-27-20)24(35)29-21-12-17-11-16(21)14-34(17)26(37)18-13-23(19-7-9-28-31-19)33-10-3-2-6-22(18)33/h2-10,13,16-17,21,27H,11-12,14H2,1H3,(H,28,31)(H,29,35)(H,32,36)/b30-15+/t16-,17-,21-/m1/s1. The van der Waals surface area contributed by atoms with Crippen LogP contribution >= 0.6 is 0 Å². The number of pyridine rings is 1. The van der Waals surface area contributed by atoms with Crippen LogP contribution in [-0.4, -0.2) is 66.5 Å². The second-order valence-electron chi connectivity index (χ2n) is 9.51. The van der Waals surface area contributed by atoms with Crippen molar-refractivity contribution in [2.24, 2.45) is 11.0 Å². The highest BCUT2D eigenvalue weighted by Gasteiger charge is 2.47. The Morgan fingerprint density at radius 3 is 2.76 bits per heavy atom. The van der Waals surface area contributed by atoms with Gasteiger partial charge < -0.3 is 19.6 Å². The van der Waals surface area contributed by atoms with Gasteiger partial charge in [0.1, 0.15) is 11.4 Å². The summed E-state index contributed by atoms with van der Waals surface area (Å²) in [6.45, 7) is 2.14. The Bertz CT molecular complexity index is 1500. The van der Waals surface area contributed by atoms with Gasteiger partial charge in [-0.1, -0.05) is 6.07 Å². The number of hydrogen-bond acceptors (Lipinski definition) is 5. The van der Waals surface area contributed by atoms with Crippen molar-refractivity contribution in [2.45, 2.75) is 31.8 Å². The number of hydrogen-bond donors (Lipinski definition) is 4. The first kappa shape index (κ1) is 22.8. The molecule has 11 nitrogen and oxygen atoms in total. The second kappa shape index (κ2) is 9.08. The average molecular weight is 499 g/mol. The Hall–Kier alpha value is -4.67. The van der Waals surface area contributed by atoms with Gasteiger partial charge >= 0.3 is 0 Å². The highest BCUT2D eigenvalue weighted by atomic mass is 16.2. The van der Waals surface area contributed by atoms with E-state index < -0.39 is 5.91 Å². The van der Waals surface area contributed by atoms with Crippen LogP contribution in [0.25, 0.3) is 16.9 Å². The third-order valence-electron chi connectivity index (χ3n) is 7.30. The Morgan fingerprint density at radius 1 is 1.14 bits per heavy atom. The minimum absolute atomic E-state index is 0.00323. The summed E-state index contributed by atoms with van der Waals surface area (Å²) in [5.41, 5.74) is 6.14. The zero-order chi connectivity index (χ0) is 25.5. The zero-order valence-electron chi connectivity index (χ0n) is 20.1. The zero-order valence-corrected chi connectivity index (χ0v) is 20.1. The fraction of sp³-hybridized carbons (Fsp3) is 0.269. The molecule has 2 fully saturated rings. The summed E-state index contributed by atoms with van der Waals surface area (Å²) in [6.07, 6.45) is 6.79. The number of hydrazone groups is 1. The molecule has 0 unspecified atom stereocenters. The molecule has 3 amide bonds. The van der Waals surface area contributed by atoms with Gasteiger partial charge in [-0.05, 0) is 62.1 Å². The number of carbonyl (C=O) groups is 3. The number of aromatic amines is 2. The van der Waals surface area contributed by atoms with E-state index in [9.17, 15) is 14.4 Å². The summed E-state index contributed by atoms with van der Waals surface area (Å²) in [4.78, 5) is 43.1. The third kappa shape index (κ3) is 4.07. The molecule has 2 aliphatic rings. The maximum Gasteiger partial charge on any atom is 0.287 e. The van der Waals surface area contributed by atoms with E-state index in [1.54, 1.807) is 31.5 Å². The molecule has 37 heavy (non-hydrogen) atoms. The van der Waals surface area contributed by atoms with Gasteiger partial charge in [0.25, 0.3) is 17.7 Å². The molecule has 1 aliphatic heterocycles. The van der Waals surface area contributed by atoms with Gasteiger partial charge in [-0.2, -0.15) is 10.2 Å². The van der Waals surface area contributed by atoms with E-state index in [1.165, 1.54) is 0 Å². The normalized spacial score (nSPS) is 20.9. The number of nitrogens with one attached hydrogen (secondary N) is 4. The molecule has 3 atom stereocenters. The molecule has 1 saturated heterocycles. The Kier molecular flexibility index (Phi) is 5.59. The van der Waals surface area contributed by atoms with Crippen molar-refractivity contribution in [3.05, 3.63) is 72.3 Å². The number of carbonyl (C=O) groups excluding carboxylic acids is 3. The first-order valence-corrected chi connectivity index (χ1v) is 12.2. The van der Waals surface area contributed by atoms with Crippen molar-refractivity contribution in [1.82, 2.24) is 35.2 Å². The maximum absolute atomic E-state index is 13.7. The van der Waals surface area contributed by atoms with Crippen molar-refractivity contribution >= 4 is 28.9 Å². The lowest BCUT2D eigenvalue weighted by molar-refractivity contribution is -0.115. The SMILES string of the molecule is C/C(=N\NC(=O)c1ccc[nH]1)C(=O)N[C@@H]1C[C@H]2C[C@@H]1CN2C(=O)c1cc(-c2ccn[nH]2)n2ccccc12. The van der Waals surface area contributed by atoms with Crippen LogP contribution in [0.4, 0.5) is 0 Å². The number of rotatable bonds is 6. The molecule has 5 heterocycles. The second-order valence-corrected chi connectivity index (χ2v) is 9.51. The molecule has 0 radical (unpaired) electrons. The molecule has 11 heteroatoms. The summed E-state index contributed by atoms with van der Waals surface area (Å²) < 4.78 is 1.99. The van der Waals surface area contributed by atoms with E-state index in [0.29, 0.717) is 24.2 Å². The van der Waals surface area contributed by atoms with Gasteiger partial charge in [0.15, 0.2) is 0 Å². The molecule has 4 aromatic heterocycles. The molecule has 188 valence electrons. The number of nitrogens with zero attached hydrogens (tertiary/aromatic N) is 4. The average Bonchev–Trinajstić information content (AvgIpc) is 3.74. The minimum atomic E-state index is -0.417. The number of piperidine rings is 1. The molecule has 2 bridgehead atoms. The van der Waals surface area contributed by atoms with E-state index in [4.69, 9.17) is 0 Å². The van der Waals surface area contributed by atoms with Crippen molar-refractivity contribution in [3.8, 4) is 11.4 Å². The molecule has 4 aromatic rings. The lowest BCUT2D eigenvalue weighted by Gasteiger charge is -2.32. The Balaban J connectivity index is 1.12. The summed E-state index contributed by atoms with van der Waals surface area (Å²) >= 11 is 0. The summed E-state index contributed by atoms with van der Waals surface area (Å²) in [6, 6.07) is 12.9. The smallest absolute Gasteiger partial charge is 0.287 e. The van der Waals surface area contributed by atoms with Crippen LogP contribution in [0.2, 0.25) is 0 Å². The summed E-state index contributed by atoms with van der Waals surface area (Å²) in [5, 5.41) is 14.0. The molecule has 1 saturated carbocycles. The van der Waals surface area contributed by atoms with E-state index in [1.807, 2.05) is 45.8 Å². The highest BCUT2D eigenvalue weighted by Crippen LogP contribution is 2.39. The lowest BCUT2D eigenvalue weighted by Crippen LogP contribution is -2.49. The highest BCUT2D eigenvalue weighted by molar-refractivity contribution is 6.38. The quantitative estimate of drug-likeness (QED) is 0.239. The van der Waals surface area contributed by atoms with E-state index in [-0.39, 0.29) is 35.5 Å². The number of fused-ring (bicyclic) bond motifs is 3. The molecule has 0 spiro atoms. The lowest BCUT2D eigenvalue weighted by atomic mass is 10.0. The van der Waals surface area contributed by atoms with Crippen LogP contribution in [0.1, 0.15) is 40.6 Å². The molecule has 1 aliphatic carbocycles. The van der Waals surface area contributed by atoms with Gasteiger partial charge in [0, 0.05) is 37.2 Å². The van der Waals surface area contributed by atoms with Crippen molar-refractivity contribution in [2.75, 3.05) is 6.54 Å². The van der Waals surface area contributed by atoms with Crippen molar-refractivity contribution in [1.29, 1.82) is 0 Å². The van der Waals surface area contributed by atoms with Crippen LogP contribution in [0, 0.1) is 5.92 Å². The van der Waals surface area contributed by atoms with Gasteiger partial charge in [0.05, 0.1) is 22.5 Å². The summed E-state index contributed by atoms with van der Waals surface area (Å²) in [5.74, 6) is -0.582. The monoisotopic (exact) mass is 498 g/mol. The van der Waals surface area contributed by atoms with Crippen LogP contribution in [0.3, 0.4) is 0 Å². The van der Waals surface area contributed by atoms with Crippen LogP contribution < -0.4 is 10.7 Å². The van der Waals surface area contributed by atoms with Gasteiger partial charge in [0.2, 0.25) is 0 Å². The topological polar surface area (TPSA) is 140 Å². The Morgan fingerprint density at radius 2 is 2.03 bits per heavy atom. The van der Waals surface area contributed by atoms with Crippen LogP contribution in [-0.2, 0) is 4.79 Å². The van der Waals surface area contributed by atoms with Crippen molar-refractivity contribution in [3.63, 3.8) is 0 Å². The molecular weight excluding hydrogens is 472 g/mol. The number of amides is 3. The maximum atomic E-state index is 13.7. The van der Waals surface area contributed by atoms with Crippen LogP contribution in [0.15, 0.2) is 66.2 Å². The first-order chi connectivity index (χ1) is 18.0. The Labute approximate surface area is 211 Å².